The van der Waals surface area contributed by atoms with Crippen LogP contribution >= 0.6 is 0 Å². The summed E-state index contributed by atoms with van der Waals surface area (Å²) in [4.78, 5) is 1.80. The molecule has 0 aliphatic carbocycles. The van der Waals surface area contributed by atoms with Crippen LogP contribution < -0.4 is 4.74 Å². The Bertz CT molecular complexity index is 455. The van der Waals surface area contributed by atoms with Crippen LogP contribution in [0.25, 0.3) is 0 Å². The zero-order valence-electron chi connectivity index (χ0n) is 12.1. The molecule has 0 saturated carbocycles. The molecule has 2 rings (SSSR count). The quantitative estimate of drug-likeness (QED) is 0.557. The van der Waals surface area contributed by atoms with Crippen molar-refractivity contribution in [2.75, 3.05) is 26.8 Å². The molecule has 0 unspecified atom stereocenters. The molecule has 118 valence electrons. The van der Waals surface area contributed by atoms with Crippen LogP contribution in [0.1, 0.15) is 5.56 Å². The molecule has 1 heterocycles. The number of nitrogens with zero attached hydrogens (tertiary/aromatic N) is 1. The molecule has 0 spiro atoms. The van der Waals surface area contributed by atoms with Crippen molar-refractivity contribution in [1.29, 1.82) is 0 Å². The number of para-hydroxylation sites is 1. The van der Waals surface area contributed by atoms with E-state index in [1.165, 1.54) is 0 Å². The Hall–Kier alpha value is -1.18. The molecule has 4 atom stereocenters. The number of likely N-dealkylation sites (tertiary alicyclic amines) is 1. The van der Waals surface area contributed by atoms with Gasteiger partial charge in [0.15, 0.2) is 0 Å². The van der Waals surface area contributed by atoms with Crippen molar-refractivity contribution in [3.8, 4) is 5.75 Å². The predicted octanol–water partition coefficient (Wildman–Crippen LogP) is -1.00. The highest BCUT2D eigenvalue weighted by molar-refractivity contribution is 5.33. The number of benzene rings is 1. The first-order valence-corrected chi connectivity index (χ1v) is 7.09. The SMILES string of the molecule is COc1ccccc1CCN1C[C@H](O)[C@@H](O)[C@H](O)[C@@H]1CO. The molecule has 0 amide bonds. The highest BCUT2D eigenvalue weighted by Crippen LogP contribution is 2.22. The lowest BCUT2D eigenvalue weighted by atomic mass is 9.94. The zero-order valence-corrected chi connectivity index (χ0v) is 12.1. The number of hydrogen-bond donors (Lipinski definition) is 4. The number of β-amino-alcohol motifs (C(OH)–C–C–N with tert-alkyl or cyclic N) is 1. The maximum atomic E-state index is 9.94. The molecular weight excluding hydrogens is 274 g/mol. The second-order valence-electron chi connectivity index (χ2n) is 5.36. The van der Waals surface area contributed by atoms with Gasteiger partial charge in [-0.2, -0.15) is 0 Å². The van der Waals surface area contributed by atoms with Gasteiger partial charge < -0.3 is 25.2 Å². The minimum Gasteiger partial charge on any atom is -0.496 e. The van der Waals surface area contributed by atoms with Crippen molar-refractivity contribution in [1.82, 2.24) is 4.90 Å². The van der Waals surface area contributed by atoms with Crippen LogP contribution in [0.3, 0.4) is 0 Å². The van der Waals surface area contributed by atoms with E-state index in [0.29, 0.717) is 13.0 Å². The largest absolute Gasteiger partial charge is 0.496 e. The third-order valence-electron chi connectivity index (χ3n) is 4.08. The second-order valence-corrected chi connectivity index (χ2v) is 5.36. The van der Waals surface area contributed by atoms with Gasteiger partial charge >= 0.3 is 0 Å². The zero-order chi connectivity index (χ0) is 15.4. The van der Waals surface area contributed by atoms with E-state index in [2.05, 4.69) is 0 Å². The highest BCUT2D eigenvalue weighted by Gasteiger charge is 2.40. The summed E-state index contributed by atoms with van der Waals surface area (Å²) < 4.78 is 5.29. The van der Waals surface area contributed by atoms with Crippen molar-refractivity contribution in [2.45, 2.75) is 30.8 Å². The van der Waals surface area contributed by atoms with Crippen LogP contribution in [0.4, 0.5) is 0 Å². The molecule has 1 fully saturated rings. The third kappa shape index (κ3) is 3.53. The van der Waals surface area contributed by atoms with Gasteiger partial charge in [-0.1, -0.05) is 18.2 Å². The van der Waals surface area contributed by atoms with Gasteiger partial charge in [0, 0.05) is 13.1 Å². The first-order valence-electron chi connectivity index (χ1n) is 7.09. The molecule has 21 heavy (non-hydrogen) atoms. The lowest BCUT2D eigenvalue weighted by Gasteiger charge is -2.43. The van der Waals surface area contributed by atoms with Gasteiger partial charge in [-0.15, -0.1) is 0 Å². The van der Waals surface area contributed by atoms with Crippen LogP contribution in [-0.2, 0) is 6.42 Å². The van der Waals surface area contributed by atoms with Crippen LogP contribution in [0, 0.1) is 0 Å². The van der Waals surface area contributed by atoms with E-state index in [9.17, 15) is 20.4 Å². The Morgan fingerprint density at radius 3 is 2.57 bits per heavy atom. The van der Waals surface area contributed by atoms with Crippen LogP contribution in [0.2, 0.25) is 0 Å². The molecule has 1 aromatic rings. The molecule has 1 aromatic carbocycles. The Morgan fingerprint density at radius 1 is 1.19 bits per heavy atom. The molecule has 1 aliphatic rings. The number of aliphatic hydroxyl groups excluding tert-OH is 4. The maximum Gasteiger partial charge on any atom is 0.122 e. The van der Waals surface area contributed by atoms with Gasteiger partial charge in [-0.05, 0) is 18.1 Å². The summed E-state index contributed by atoms with van der Waals surface area (Å²) in [6.07, 6.45) is -2.72. The molecule has 6 heteroatoms. The van der Waals surface area contributed by atoms with Crippen LogP contribution in [-0.4, -0.2) is 76.5 Å². The fraction of sp³-hybridized carbons (Fsp3) is 0.600. The molecule has 0 aromatic heterocycles. The van der Waals surface area contributed by atoms with Gasteiger partial charge in [-0.3, -0.25) is 4.90 Å². The lowest BCUT2D eigenvalue weighted by molar-refractivity contribution is -0.144. The minimum absolute atomic E-state index is 0.221. The molecule has 0 bridgehead atoms. The summed E-state index contributed by atoms with van der Waals surface area (Å²) >= 11 is 0. The average Bonchev–Trinajstić information content (AvgIpc) is 2.51. The smallest absolute Gasteiger partial charge is 0.122 e. The standard InChI is InChI=1S/C15H23NO5/c1-21-13-5-3-2-4-10(13)6-7-16-8-12(18)15(20)14(19)11(16)9-17/h2-5,11-12,14-15,17-20H,6-9H2,1H3/t11-,12-,14+,15+/m0/s1. The number of piperidine rings is 1. The van der Waals surface area contributed by atoms with Gasteiger partial charge in [0.05, 0.1) is 25.9 Å². The Morgan fingerprint density at radius 2 is 1.90 bits per heavy atom. The van der Waals surface area contributed by atoms with E-state index >= 15 is 0 Å². The number of ether oxygens (including phenoxy) is 1. The highest BCUT2D eigenvalue weighted by atomic mass is 16.5. The summed E-state index contributed by atoms with van der Waals surface area (Å²) in [5.41, 5.74) is 1.02. The van der Waals surface area contributed by atoms with Crippen molar-refractivity contribution >= 4 is 0 Å². The normalized spacial score (nSPS) is 30.3. The molecular formula is C15H23NO5. The molecule has 6 nitrogen and oxygen atoms in total. The summed E-state index contributed by atoms with van der Waals surface area (Å²) in [6, 6.07) is 7.08. The first-order chi connectivity index (χ1) is 10.1. The number of hydrogen-bond acceptors (Lipinski definition) is 6. The summed E-state index contributed by atoms with van der Waals surface area (Å²) in [7, 11) is 1.61. The second kappa shape index (κ2) is 7.20. The number of rotatable bonds is 5. The van der Waals surface area contributed by atoms with E-state index in [-0.39, 0.29) is 13.2 Å². The monoisotopic (exact) mass is 297 g/mol. The fourth-order valence-corrected chi connectivity index (χ4v) is 2.81. The van der Waals surface area contributed by atoms with Crippen molar-refractivity contribution in [2.24, 2.45) is 0 Å². The van der Waals surface area contributed by atoms with Crippen molar-refractivity contribution in [3.63, 3.8) is 0 Å². The van der Waals surface area contributed by atoms with E-state index in [4.69, 9.17) is 4.74 Å². The van der Waals surface area contributed by atoms with Gasteiger partial charge in [0.1, 0.15) is 18.0 Å². The van der Waals surface area contributed by atoms with Gasteiger partial charge in [0.25, 0.3) is 0 Å². The maximum absolute atomic E-state index is 9.94. The van der Waals surface area contributed by atoms with E-state index in [1.54, 1.807) is 12.0 Å². The summed E-state index contributed by atoms with van der Waals surface area (Å²) in [5, 5.41) is 38.8. The van der Waals surface area contributed by atoms with Gasteiger partial charge in [0.2, 0.25) is 0 Å². The lowest BCUT2D eigenvalue weighted by Crippen LogP contribution is -2.62. The third-order valence-corrected chi connectivity index (χ3v) is 4.08. The molecule has 1 saturated heterocycles. The average molecular weight is 297 g/mol. The van der Waals surface area contributed by atoms with Crippen molar-refractivity contribution < 1.29 is 25.2 Å². The molecule has 0 radical (unpaired) electrons. The van der Waals surface area contributed by atoms with E-state index in [1.807, 2.05) is 24.3 Å². The topological polar surface area (TPSA) is 93.4 Å². The Kier molecular flexibility index (Phi) is 5.55. The fourth-order valence-electron chi connectivity index (χ4n) is 2.81. The van der Waals surface area contributed by atoms with E-state index in [0.717, 1.165) is 11.3 Å². The predicted molar refractivity (Wildman–Crippen MR) is 77.2 cm³/mol. The van der Waals surface area contributed by atoms with E-state index < -0.39 is 24.4 Å². The van der Waals surface area contributed by atoms with Crippen LogP contribution in [0.15, 0.2) is 24.3 Å². The minimum atomic E-state index is -1.22. The molecule has 1 aliphatic heterocycles. The molecule has 4 N–H and O–H groups in total. The number of methoxy groups -OCH3 is 1. The number of aliphatic hydroxyl groups is 4. The summed E-state index contributed by atoms with van der Waals surface area (Å²) in [6.45, 7) is 0.502. The van der Waals surface area contributed by atoms with Gasteiger partial charge in [-0.25, -0.2) is 0 Å². The Labute approximate surface area is 124 Å². The summed E-state index contributed by atoms with van der Waals surface area (Å²) in [5.74, 6) is 0.788. The first kappa shape index (κ1) is 16.2. The van der Waals surface area contributed by atoms with Crippen molar-refractivity contribution in [3.05, 3.63) is 29.8 Å². The van der Waals surface area contributed by atoms with Crippen LogP contribution in [0.5, 0.6) is 5.75 Å². The Balaban J connectivity index is 2.04.